The number of esters is 1. The Labute approximate surface area is 106 Å². The molecule has 2 heterocycles. The van der Waals surface area contributed by atoms with Crippen molar-refractivity contribution in [2.75, 3.05) is 6.61 Å². The van der Waals surface area contributed by atoms with E-state index >= 15 is 0 Å². The van der Waals surface area contributed by atoms with Crippen LogP contribution >= 0.6 is 11.6 Å². The Kier molecular flexibility index (Phi) is 3.42. The number of ether oxygens (including phenoxy) is 1. The third-order valence-corrected chi connectivity index (χ3v) is 2.22. The SMILES string of the molecule is CCOC(=O)c1cc(=O)[nH]n1-c1cncc(Cl)n1. The molecular weight excluding hydrogens is 260 g/mol. The van der Waals surface area contributed by atoms with E-state index in [2.05, 4.69) is 15.1 Å². The number of nitrogens with one attached hydrogen (secondary N) is 1. The fourth-order valence-corrected chi connectivity index (χ4v) is 1.51. The average molecular weight is 269 g/mol. The van der Waals surface area contributed by atoms with Gasteiger partial charge in [-0.15, -0.1) is 0 Å². The first kappa shape index (κ1) is 12.3. The zero-order chi connectivity index (χ0) is 13.1. The molecule has 0 radical (unpaired) electrons. The lowest BCUT2D eigenvalue weighted by Crippen LogP contribution is -2.13. The van der Waals surface area contributed by atoms with Crippen LogP contribution in [0.25, 0.3) is 5.82 Å². The smallest absolute Gasteiger partial charge is 0.357 e. The van der Waals surface area contributed by atoms with Crippen molar-refractivity contribution < 1.29 is 9.53 Å². The largest absolute Gasteiger partial charge is 0.461 e. The van der Waals surface area contributed by atoms with Crippen molar-refractivity contribution in [2.45, 2.75) is 6.92 Å². The molecule has 0 spiro atoms. The topological polar surface area (TPSA) is 89.9 Å². The van der Waals surface area contributed by atoms with Gasteiger partial charge in [0.2, 0.25) is 0 Å². The molecule has 0 aliphatic heterocycles. The third-order valence-electron chi connectivity index (χ3n) is 2.04. The number of hydrogen-bond acceptors (Lipinski definition) is 5. The second-order valence-electron chi connectivity index (χ2n) is 3.26. The van der Waals surface area contributed by atoms with Gasteiger partial charge in [-0.05, 0) is 6.92 Å². The van der Waals surface area contributed by atoms with Crippen LogP contribution in [0.2, 0.25) is 5.15 Å². The van der Waals surface area contributed by atoms with Crippen LogP contribution in [0.1, 0.15) is 17.4 Å². The van der Waals surface area contributed by atoms with E-state index in [0.29, 0.717) is 0 Å². The first-order valence-electron chi connectivity index (χ1n) is 5.09. The maximum atomic E-state index is 11.7. The Morgan fingerprint density at radius 2 is 2.33 bits per heavy atom. The summed E-state index contributed by atoms with van der Waals surface area (Å²) in [4.78, 5) is 30.7. The summed E-state index contributed by atoms with van der Waals surface area (Å²) in [5.41, 5.74) is -0.404. The molecule has 0 atom stereocenters. The van der Waals surface area contributed by atoms with Gasteiger partial charge >= 0.3 is 5.97 Å². The molecule has 0 aromatic carbocycles. The fraction of sp³-hybridized carbons (Fsp3) is 0.200. The first-order chi connectivity index (χ1) is 8.61. The van der Waals surface area contributed by atoms with Gasteiger partial charge in [0.25, 0.3) is 5.56 Å². The van der Waals surface area contributed by atoms with Crippen LogP contribution in [0.3, 0.4) is 0 Å². The Bertz CT molecular complexity index is 634. The average Bonchev–Trinajstić information content (AvgIpc) is 2.72. The molecule has 0 bridgehead atoms. The molecule has 94 valence electrons. The summed E-state index contributed by atoms with van der Waals surface area (Å²) in [5, 5.41) is 2.58. The number of carbonyl (C=O) groups is 1. The van der Waals surface area contributed by atoms with Gasteiger partial charge in [0, 0.05) is 6.07 Å². The standard InChI is InChI=1S/C10H9ClN4O3/c1-2-18-10(17)6-3-9(16)14-15(6)8-5-12-4-7(11)13-8/h3-5H,2H2,1H3,(H,14,16). The molecule has 0 amide bonds. The molecule has 18 heavy (non-hydrogen) atoms. The molecule has 8 heteroatoms. The molecule has 1 N–H and O–H groups in total. The Hall–Kier alpha value is -2.15. The van der Waals surface area contributed by atoms with Gasteiger partial charge in [-0.3, -0.25) is 14.9 Å². The van der Waals surface area contributed by atoms with Crippen LogP contribution < -0.4 is 5.56 Å². The van der Waals surface area contributed by atoms with E-state index in [9.17, 15) is 9.59 Å². The monoisotopic (exact) mass is 268 g/mol. The van der Waals surface area contributed by atoms with Crippen LogP contribution in [0.5, 0.6) is 0 Å². The predicted molar refractivity (Wildman–Crippen MR) is 62.9 cm³/mol. The van der Waals surface area contributed by atoms with E-state index in [0.717, 1.165) is 6.07 Å². The van der Waals surface area contributed by atoms with Crippen LogP contribution in [0.4, 0.5) is 0 Å². The Morgan fingerprint density at radius 3 is 3.00 bits per heavy atom. The quantitative estimate of drug-likeness (QED) is 0.831. The van der Waals surface area contributed by atoms with Gasteiger partial charge in [0.1, 0.15) is 5.15 Å². The molecule has 0 aliphatic rings. The third kappa shape index (κ3) is 2.40. The number of H-pyrrole nitrogens is 1. The van der Waals surface area contributed by atoms with Gasteiger partial charge in [-0.1, -0.05) is 11.6 Å². The Balaban J connectivity index is 2.51. The zero-order valence-electron chi connectivity index (χ0n) is 9.38. The first-order valence-corrected chi connectivity index (χ1v) is 5.46. The van der Waals surface area contributed by atoms with Crippen molar-refractivity contribution in [3.63, 3.8) is 0 Å². The van der Waals surface area contributed by atoms with E-state index in [-0.39, 0.29) is 23.3 Å². The van der Waals surface area contributed by atoms with E-state index in [1.165, 1.54) is 17.1 Å². The summed E-state index contributed by atoms with van der Waals surface area (Å²) in [6, 6.07) is 1.13. The van der Waals surface area contributed by atoms with Gasteiger partial charge in [0.15, 0.2) is 11.5 Å². The second kappa shape index (κ2) is 5.01. The molecular formula is C10H9ClN4O3. The van der Waals surface area contributed by atoms with Crippen molar-refractivity contribution in [3.8, 4) is 5.82 Å². The summed E-state index contributed by atoms with van der Waals surface area (Å²) in [6.45, 7) is 1.88. The van der Waals surface area contributed by atoms with Gasteiger partial charge < -0.3 is 4.74 Å². The minimum atomic E-state index is -0.627. The van der Waals surface area contributed by atoms with Crippen LogP contribution in [-0.2, 0) is 4.74 Å². The maximum absolute atomic E-state index is 11.7. The van der Waals surface area contributed by atoms with Crippen molar-refractivity contribution in [2.24, 2.45) is 0 Å². The minimum Gasteiger partial charge on any atom is -0.461 e. The summed E-state index contributed by atoms with van der Waals surface area (Å²) in [7, 11) is 0. The summed E-state index contributed by atoms with van der Waals surface area (Å²) < 4.78 is 6.01. The number of halogens is 1. The molecule has 7 nitrogen and oxygen atoms in total. The Morgan fingerprint density at radius 1 is 1.56 bits per heavy atom. The lowest BCUT2D eigenvalue weighted by molar-refractivity contribution is 0.0515. The second-order valence-corrected chi connectivity index (χ2v) is 3.65. The highest BCUT2D eigenvalue weighted by atomic mass is 35.5. The van der Waals surface area contributed by atoms with Crippen LogP contribution in [-0.4, -0.2) is 32.3 Å². The normalized spacial score (nSPS) is 10.3. The van der Waals surface area contributed by atoms with E-state index in [1.807, 2.05) is 0 Å². The summed E-state index contributed by atoms with van der Waals surface area (Å²) in [5.74, 6) is -0.398. The fourth-order valence-electron chi connectivity index (χ4n) is 1.37. The highest BCUT2D eigenvalue weighted by molar-refractivity contribution is 6.29. The van der Waals surface area contributed by atoms with E-state index in [1.54, 1.807) is 6.92 Å². The summed E-state index contributed by atoms with van der Waals surface area (Å²) >= 11 is 5.70. The van der Waals surface area contributed by atoms with E-state index in [4.69, 9.17) is 16.3 Å². The molecule has 2 aromatic rings. The van der Waals surface area contributed by atoms with Crippen molar-refractivity contribution in [1.82, 2.24) is 19.7 Å². The van der Waals surface area contributed by atoms with Crippen LogP contribution in [0.15, 0.2) is 23.3 Å². The molecule has 0 unspecified atom stereocenters. The number of hydrogen-bond donors (Lipinski definition) is 1. The van der Waals surface area contributed by atoms with Crippen molar-refractivity contribution in [1.29, 1.82) is 0 Å². The lowest BCUT2D eigenvalue weighted by atomic mass is 10.4. The minimum absolute atomic E-state index is 0.0402. The van der Waals surface area contributed by atoms with Gasteiger partial charge in [0.05, 0.1) is 19.0 Å². The number of rotatable bonds is 3. The highest BCUT2D eigenvalue weighted by Gasteiger charge is 2.16. The zero-order valence-corrected chi connectivity index (χ0v) is 10.1. The molecule has 0 aliphatic carbocycles. The molecule has 0 fully saturated rings. The van der Waals surface area contributed by atoms with E-state index < -0.39 is 11.5 Å². The highest BCUT2D eigenvalue weighted by Crippen LogP contribution is 2.09. The predicted octanol–water partition coefficient (Wildman–Crippen LogP) is 0.786. The molecule has 2 aromatic heterocycles. The number of carbonyl (C=O) groups excluding carboxylic acids is 1. The van der Waals surface area contributed by atoms with Gasteiger partial charge in [-0.2, -0.15) is 0 Å². The summed E-state index contributed by atoms with van der Waals surface area (Å²) in [6.07, 6.45) is 2.71. The van der Waals surface area contributed by atoms with Crippen LogP contribution in [0, 0.1) is 0 Å². The lowest BCUT2D eigenvalue weighted by Gasteiger charge is -2.06. The van der Waals surface area contributed by atoms with Crippen molar-refractivity contribution in [3.05, 3.63) is 39.7 Å². The van der Waals surface area contributed by atoms with Gasteiger partial charge in [-0.25, -0.2) is 14.5 Å². The maximum Gasteiger partial charge on any atom is 0.357 e. The number of aromatic amines is 1. The molecule has 0 saturated heterocycles. The number of nitrogens with zero attached hydrogens (tertiary/aromatic N) is 3. The van der Waals surface area contributed by atoms with Crippen molar-refractivity contribution >= 4 is 17.6 Å². The molecule has 0 saturated carbocycles. The number of aromatic nitrogens is 4. The molecule has 2 rings (SSSR count).